The number of hydrogen-bond acceptors (Lipinski definition) is 1. The number of rotatable bonds is 4. The first kappa shape index (κ1) is 7.86. The maximum absolute atomic E-state index is 8.25. The van der Waals surface area contributed by atoms with Gasteiger partial charge in [0.1, 0.15) is 0 Å². The Hall–Kier alpha value is -1.37. The zero-order chi connectivity index (χ0) is 15.7. The molecule has 0 aliphatic carbocycles. The minimum Gasteiger partial charge on any atom is -0.257 e. The maximum Gasteiger partial charge on any atom is 0.0630 e. The summed E-state index contributed by atoms with van der Waals surface area (Å²) < 4.78 is 32.2. The molecule has 0 fully saturated rings. The molecule has 1 aromatic heterocycles. The number of aryl methyl sites for hydroxylation is 3. The third-order valence-corrected chi connectivity index (χ3v) is 2.99. The Kier molecular flexibility index (Phi) is 2.45. The Morgan fingerprint density at radius 2 is 1.71 bits per heavy atom. The summed E-state index contributed by atoms with van der Waals surface area (Å²) in [6, 6.07) is -0.241. The molecule has 17 heavy (non-hydrogen) atoms. The molecule has 0 atom stereocenters. The first-order chi connectivity index (χ1) is 9.93. The summed E-state index contributed by atoms with van der Waals surface area (Å²) in [6.07, 6.45) is 3.54. The Balaban J connectivity index is 2.98. The van der Waals surface area contributed by atoms with Crippen LogP contribution in [0.5, 0.6) is 0 Å². The third-order valence-electron chi connectivity index (χ3n) is 2.99. The van der Waals surface area contributed by atoms with E-state index in [0.29, 0.717) is 16.5 Å². The molecule has 0 radical (unpaired) electrons. The lowest BCUT2D eigenvalue weighted by Crippen LogP contribution is -2.01. The van der Waals surface area contributed by atoms with Crippen molar-refractivity contribution in [2.45, 2.75) is 46.5 Å². The summed E-state index contributed by atoms with van der Waals surface area (Å²) in [7, 11) is 0. The SMILES string of the molecule is [2H]c1c([2H])c([2H])c2c(CCC)c(CCC)nc(C)c2c1[2H]. The molecule has 0 aliphatic heterocycles. The lowest BCUT2D eigenvalue weighted by Gasteiger charge is -2.13. The normalized spacial score (nSPS) is 14.3. The number of benzene rings is 1. The number of hydrogen-bond donors (Lipinski definition) is 0. The van der Waals surface area contributed by atoms with Gasteiger partial charge in [-0.25, -0.2) is 0 Å². The molecule has 0 unspecified atom stereocenters. The van der Waals surface area contributed by atoms with Gasteiger partial charge in [-0.15, -0.1) is 0 Å². The summed E-state index contributed by atoms with van der Waals surface area (Å²) in [4.78, 5) is 4.63. The predicted molar refractivity (Wildman–Crippen MR) is 74.5 cm³/mol. The number of fused-ring (bicyclic) bond motifs is 1. The Labute approximate surface area is 110 Å². The van der Waals surface area contributed by atoms with Gasteiger partial charge in [-0.05, 0) is 30.7 Å². The summed E-state index contributed by atoms with van der Waals surface area (Å²) in [5.41, 5.74) is 2.67. The van der Waals surface area contributed by atoms with E-state index in [-0.39, 0.29) is 24.2 Å². The molecule has 2 rings (SSSR count). The smallest absolute Gasteiger partial charge is 0.0630 e. The van der Waals surface area contributed by atoms with Crippen molar-refractivity contribution in [3.8, 4) is 0 Å². The first-order valence-electron chi connectivity index (χ1n) is 8.32. The summed E-state index contributed by atoms with van der Waals surface area (Å²) in [5.74, 6) is 0. The number of nitrogens with zero attached hydrogens (tertiary/aromatic N) is 1. The van der Waals surface area contributed by atoms with Gasteiger partial charge >= 0.3 is 0 Å². The monoisotopic (exact) mass is 231 g/mol. The van der Waals surface area contributed by atoms with Gasteiger partial charge in [0.25, 0.3) is 0 Å². The average molecular weight is 231 g/mol. The average Bonchev–Trinajstić information content (AvgIpc) is 2.45. The van der Waals surface area contributed by atoms with Crippen molar-refractivity contribution in [1.29, 1.82) is 0 Å². The summed E-state index contributed by atoms with van der Waals surface area (Å²) >= 11 is 0. The molecule has 1 heteroatoms. The van der Waals surface area contributed by atoms with E-state index in [1.54, 1.807) is 0 Å². The predicted octanol–water partition coefficient (Wildman–Crippen LogP) is 4.45. The van der Waals surface area contributed by atoms with Crippen LogP contribution in [0.1, 0.15) is 49.1 Å². The van der Waals surface area contributed by atoms with Crippen LogP contribution in [0.3, 0.4) is 0 Å². The Morgan fingerprint density at radius 3 is 2.35 bits per heavy atom. The van der Waals surface area contributed by atoms with Crippen molar-refractivity contribution < 1.29 is 5.48 Å². The van der Waals surface area contributed by atoms with Crippen LogP contribution in [0.15, 0.2) is 24.2 Å². The molecule has 1 heterocycles. The van der Waals surface area contributed by atoms with Gasteiger partial charge in [0.05, 0.1) is 5.48 Å². The lowest BCUT2D eigenvalue weighted by molar-refractivity contribution is 0.831. The molecule has 0 amide bonds. The van der Waals surface area contributed by atoms with E-state index in [1.165, 1.54) is 0 Å². The second-order valence-electron chi connectivity index (χ2n) is 4.37. The van der Waals surface area contributed by atoms with E-state index in [2.05, 4.69) is 18.8 Å². The van der Waals surface area contributed by atoms with Crippen LogP contribution in [-0.2, 0) is 12.8 Å². The summed E-state index contributed by atoms with van der Waals surface area (Å²) in [5, 5.41) is 1.24. The molecule has 0 saturated carbocycles. The zero-order valence-electron chi connectivity index (χ0n) is 14.8. The quantitative estimate of drug-likeness (QED) is 0.757. The highest BCUT2D eigenvalue weighted by molar-refractivity contribution is 5.88. The summed E-state index contributed by atoms with van der Waals surface area (Å²) in [6.45, 7) is 6.00. The van der Waals surface area contributed by atoms with Gasteiger partial charge in [-0.1, -0.05) is 50.9 Å². The highest BCUT2D eigenvalue weighted by Crippen LogP contribution is 2.25. The van der Waals surface area contributed by atoms with Crippen LogP contribution in [0.4, 0.5) is 0 Å². The minimum atomic E-state index is -0.178. The van der Waals surface area contributed by atoms with E-state index in [9.17, 15) is 0 Å². The van der Waals surface area contributed by atoms with E-state index >= 15 is 0 Å². The van der Waals surface area contributed by atoms with Crippen molar-refractivity contribution in [3.63, 3.8) is 0 Å². The molecule has 2 aromatic rings. The van der Waals surface area contributed by atoms with Crippen LogP contribution in [0.25, 0.3) is 10.8 Å². The molecule has 0 spiro atoms. The molecule has 1 aromatic carbocycles. The van der Waals surface area contributed by atoms with Gasteiger partial charge in [-0.2, -0.15) is 0 Å². The van der Waals surface area contributed by atoms with Crippen molar-refractivity contribution in [2.24, 2.45) is 0 Å². The van der Waals surface area contributed by atoms with Crippen molar-refractivity contribution in [2.75, 3.05) is 0 Å². The van der Waals surface area contributed by atoms with Crippen LogP contribution in [0.2, 0.25) is 0 Å². The third kappa shape index (κ3) is 2.33. The Morgan fingerprint density at radius 1 is 1.06 bits per heavy atom. The standard InChI is InChI=1S/C16H21N/c1-4-8-15-14-11-7-6-10-13(14)12(3)17-16(15)9-5-2/h6-7,10-11H,4-5,8-9H2,1-3H3/i6D,7D,10D,11D. The van der Waals surface area contributed by atoms with Gasteiger partial charge in [-0.3, -0.25) is 4.98 Å². The van der Waals surface area contributed by atoms with Crippen LogP contribution < -0.4 is 0 Å². The fourth-order valence-corrected chi connectivity index (χ4v) is 2.24. The highest BCUT2D eigenvalue weighted by atomic mass is 14.7. The fourth-order valence-electron chi connectivity index (χ4n) is 2.24. The molecule has 0 aliphatic rings. The fraction of sp³-hybridized carbons (Fsp3) is 0.438. The molecule has 0 bridgehead atoms. The zero-order valence-corrected chi connectivity index (χ0v) is 10.8. The molecule has 0 N–H and O–H groups in total. The second-order valence-corrected chi connectivity index (χ2v) is 4.37. The van der Waals surface area contributed by atoms with Crippen LogP contribution in [-0.4, -0.2) is 4.98 Å². The minimum absolute atomic E-state index is 0.0244. The Bertz CT molecular complexity index is 695. The number of aromatic nitrogens is 1. The van der Waals surface area contributed by atoms with Crippen LogP contribution >= 0.6 is 0 Å². The lowest BCUT2D eigenvalue weighted by atomic mass is 9.97. The molecule has 0 saturated heterocycles. The van der Waals surface area contributed by atoms with E-state index < -0.39 is 0 Å². The highest BCUT2D eigenvalue weighted by Gasteiger charge is 2.10. The largest absolute Gasteiger partial charge is 0.257 e. The molecule has 1 nitrogen and oxygen atoms in total. The second kappa shape index (κ2) is 5.31. The van der Waals surface area contributed by atoms with Gasteiger partial charge in [0.2, 0.25) is 0 Å². The van der Waals surface area contributed by atoms with Gasteiger partial charge in [0, 0.05) is 16.8 Å². The number of pyridine rings is 1. The molecular weight excluding hydrogens is 206 g/mol. The van der Waals surface area contributed by atoms with E-state index in [0.717, 1.165) is 36.9 Å². The maximum atomic E-state index is 8.25. The van der Waals surface area contributed by atoms with E-state index in [1.807, 2.05) is 6.92 Å². The van der Waals surface area contributed by atoms with Gasteiger partial charge < -0.3 is 0 Å². The van der Waals surface area contributed by atoms with Crippen molar-refractivity contribution in [3.05, 3.63) is 41.1 Å². The topological polar surface area (TPSA) is 12.9 Å². The van der Waals surface area contributed by atoms with Gasteiger partial charge in [0.15, 0.2) is 0 Å². The van der Waals surface area contributed by atoms with Crippen molar-refractivity contribution >= 4 is 10.8 Å². The first-order valence-corrected chi connectivity index (χ1v) is 6.32. The van der Waals surface area contributed by atoms with Crippen molar-refractivity contribution in [1.82, 2.24) is 4.98 Å². The van der Waals surface area contributed by atoms with E-state index in [4.69, 9.17) is 5.48 Å². The molecular formula is C16H21N. The van der Waals surface area contributed by atoms with Crippen LogP contribution in [0, 0.1) is 6.92 Å². The molecule has 90 valence electrons.